The molecule has 0 amide bonds. The maximum atomic E-state index is 13.3. The fraction of sp³-hybridized carbons (Fsp3) is 0.647. The van der Waals surface area contributed by atoms with E-state index in [9.17, 15) is 9.59 Å². The molecule has 2 aliphatic heterocycles. The van der Waals surface area contributed by atoms with Gasteiger partial charge in [-0.15, -0.1) is 0 Å². The van der Waals surface area contributed by atoms with Crippen molar-refractivity contribution in [2.45, 2.75) is 90.9 Å². The molecule has 0 atom stereocenters. The maximum absolute atomic E-state index is 13.3. The number of aryl methyl sites for hydroxylation is 2. The molecule has 2 heterocycles. The molecule has 5 rings (SSSR count). The van der Waals surface area contributed by atoms with E-state index in [2.05, 4.69) is 35.8 Å². The van der Waals surface area contributed by atoms with E-state index >= 15 is 0 Å². The predicted molar refractivity (Wildman–Crippen MR) is 157 cm³/mol. The molecule has 4 heteroatoms. The number of Topliss-reactive ketones (excluding diaryl/α,β-unsaturated/α-hetero) is 2. The Morgan fingerprint density at radius 2 is 1.21 bits per heavy atom. The highest BCUT2D eigenvalue weighted by Crippen LogP contribution is 2.36. The van der Waals surface area contributed by atoms with E-state index in [0.717, 1.165) is 80.0 Å². The van der Waals surface area contributed by atoms with Gasteiger partial charge in [0, 0.05) is 24.0 Å². The number of benzene rings is 2. The summed E-state index contributed by atoms with van der Waals surface area (Å²) >= 11 is 0. The van der Waals surface area contributed by atoms with Crippen LogP contribution in [0.4, 0.5) is 0 Å². The van der Waals surface area contributed by atoms with Gasteiger partial charge in [0.2, 0.25) is 0 Å². The van der Waals surface area contributed by atoms with Crippen molar-refractivity contribution in [3.8, 4) is 0 Å². The number of carbonyl (C=O) groups is 2. The third-order valence-corrected chi connectivity index (χ3v) is 9.63. The number of piperidine rings is 2. The lowest BCUT2D eigenvalue weighted by Crippen LogP contribution is -2.33. The third-order valence-electron chi connectivity index (χ3n) is 9.63. The van der Waals surface area contributed by atoms with E-state index in [4.69, 9.17) is 0 Å². The van der Waals surface area contributed by atoms with Crippen molar-refractivity contribution in [1.29, 1.82) is 0 Å². The summed E-state index contributed by atoms with van der Waals surface area (Å²) in [5, 5.41) is 2.27. The van der Waals surface area contributed by atoms with Gasteiger partial charge in [-0.25, -0.2) is 0 Å². The van der Waals surface area contributed by atoms with Gasteiger partial charge in [-0.3, -0.25) is 9.59 Å². The average Bonchev–Trinajstić information content (AvgIpc) is 3.36. The summed E-state index contributed by atoms with van der Waals surface area (Å²) in [6.07, 6.45) is 12.5. The first-order valence-electron chi connectivity index (χ1n) is 15.6. The fourth-order valence-electron chi connectivity index (χ4n) is 6.91. The highest BCUT2D eigenvalue weighted by atomic mass is 16.1. The van der Waals surface area contributed by atoms with E-state index in [1.807, 2.05) is 12.1 Å². The molecule has 2 aromatic rings. The molecular weight excluding hydrogens is 468 g/mol. The van der Waals surface area contributed by atoms with E-state index in [1.165, 1.54) is 68.4 Å². The maximum Gasteiger partial charge on any atom is 0.163 e. The van der Waals surface area contributed by atoms with Crippen LogP contribution in [0.5, 0.6) is 0 Å². The van der Waals surface area contributed by atoms with E-state index in [-0.39, 0.29) is 11.6 Å². The number of likely N-dealkylation sites (tertiary alicyclic amines) is 2. The van der Waals surface area contributed by atoms with Crippen LogP contribution >= 0.6 is 0 Å². The van der Waals surface area contributed by atoms with Gasteiger partial charge in [0.25, 0.3) is 0 Å². The molecule has 0 spiro atoms. The van der Waals surface area contributed by atoms with Crippen LogP contribution in [0.15, 0.2) is 24.3 Å². The monoisotopic (exact) mass is 516 g/mol. The zero-order valence-corrected chi connectivity index (χ0v) is 23.9. The molecule has 2 fully saturated rings. The summed E-state index contributed by atoms with van der Waals surface area (Å²) in [6.45, 7) is 11.8. The Morgan fingerprint density at radius 3 is 1.79 bits per heavy atom. The van der Waals surface area contributed by atoms with Crippen molar-refractivity contribution in [3.63, 3.8) is 0 Å². The number of ketones is 2. The standard InChI is InChI=1S/C34H48N2O2/c1-25-15-21-35(22-16-25)19-5-3-7-32(37)28-11-9-27-10-12-30-29(13-14-31(28)34(27)30)33(38)8-4-6-20-36-23-17-26(2)18-24-36/h9,11,13-14,25-26H,3-8,10,12,15-24H2,1-2H3. The van der Waals surface area contributed by atoms with E-state index in [0.29, 0.717) is 12.8 Å². The van der Waals surface area contributed by atoms with Gasteiger partial charge in [-0.2, -0.15) is 0 Å². The van der Waals surface area contributed by atoms with Crippen LogP contribution in [0.2, 0.25) is 0 Å². The Labute approximate surface area is 230 Å². The van der Waals surface area contributed by atoms with Gasteiger partial charge in [-0.1, -0.05) is 38.1 Å². The Hall–Kier alpha value is -2.04. The van der Waals surface area contributed by atoms with Crippen molar-refractivity contribution in [3.05, 3.63) is 46.5 Å². The second kappa shape index (κ2) is 12.9. The third kappa shape index (κ3) is 6.57. The molecule has 1 aliphatic carbocycles. The lowest BCUT2D eigenvalue weighted by atomic mass is 9.91. The molecule has 0 N–H and O–H groups in total. The zero-order valence-electron chi connectivity index (χ0n) is 23.9. The minimum atomic E-state index is 0.257. The largest absolute Gasteiger partial charge is 0.303 e. The number of nitrogens with zero attached hydrogens (tertiary/aromatic N) is 2. The highest BCUT2D eigenvalue weighted by molar-refractivity contribution is 6.12. The van der Waals surface area contributed by atoms with Crippen molar-refractivity contribution >= 4 is 22.3 Å². The van der Waals surface area contributed by atoms with Crippen LogP contribution < -0.4 is 0 Å². The minimum Gasteiger partial charge on any atom is -0.303 e. The minimum absolute atomic E-state index is 0.257. The van der Waals surface area contributed by atoms with Gasteiger partial charge in [0.15, 0.2) is 11.6 Å². The van der Waals surface area contributed by atoms with Crippen LogP contribution in [-0.4, -0.2) is 60.6 Å². The Bertz CT molecular complexity index is 1120. The SMILES string of the molecule is CC1CCN(CCCCC(=O)c2ccc3c(C(=O)CCCCN4CCC(C)CC4)ccc4c3c2CC4)CC1. The van der Waals surface area contributed by atoms with Gasteiger partial charge in [0.1, 0.15) is 0 Å². The first kappa shape index (κ1) is 27.5. The molecule has 3 aliphatic rings. The highest BCUT2D eigenvalue weighted by Gasteiger charge is 2.24. The Kier molecular flexibility index (Phi) is 9.33. The average molecular weight is 517 g/mol. The van der Waals surface area contributed by atoms with Crippen molar-refractivity contribution in [2.24, 2.45) is 11.8 Å². The molecule has 0 unspecified atom stereocenters. The second-order valence-electron chi connectivity index (χ2n) is 12.6. The Balaban J connectivity index is 1.16. The molecule has 206 valence electrons. The van der Waals surface area contributed by atoms with Gasteiger partial charge >= 0.3 is 0 Å². The Morgan fingerprint density at radius 1 is 0.684 bits per heavy atom. The summed E-state index contributed by atoms with van der Waals surface area (Å²) in [7, 11) is 0. The quantitative estimate of drug-likeness (QED) is 0.223. The molecule has 4 nitrogen and oxygen atoms in total. The van der Waals surface area contributed by atoms with Crippen molar-refractivity contribution in [1.82, 2.24) is 9.80 Å². The van der Waals surface area contributed by atoms with Gasteiger partial charge in [0.05, 0.1) is 0 Å². The van der Waals surface area contributed by atoms with Crippen LogP contribution in [0.25, 0.3) is 10.8 Å². The first-order valence-corrected chi connectivity index (χ1v) is 15.6. The lowest BCUT2D eigenvalue weighted by Gasteiger charge is -2.30. The van der Waals surface area contributed by atoms with Crippen LogP contribution in [0.3, 0.4) is 0 Å². The van der Waals surface area contributed by atoms with Crippen LogP contribution in [-0.2, 0) is 12.8 Å². The van der Waals surface area contributed by atoms with E-state index < -0.39 is 0 Å². The normalized spacial score (nSPS) is 19.4. The van der Waals surface area contributed by atoms with Gasteiger partial charge < -0.3 is 9.80 Å². The molecular formula is C34H48N2O2. The molecule has 0 saturated carbocycles. The molecule has 0 bridgehead atoms. The lowest BCUT2D eigenvalue weighted by molar-refractivity contribution is 0.0969. The number of hydrogen-bond acceptors (Lipinski definition) is 4. The molecule has 0 radical (unpaired) electrons. The fourth-order valence-corrected chi connectivity index (χ4v) is 6.91. The molecule has 0 aromatic heterocycles. The summed E-state index contributed by atoms with van der Waals surface area (Å²) in [5.41, 5.74) is 4.26. The molecule has 2 aromatic carbocycles. The summed E-state index contributed by atoms with van der Waals surface area (Å²) in [4.78, 5) is 31.6. The van der Waals surface area contributed by atoms with Crippen molar-refractivity contribution in [2.75, 3.05) is 39.3 Å². The van der Waals surface area contributed by atoms with E-state index in [1.54, 1.807) is 0 Å². The smallest absolute Gasteiger partial charge is 0.163 e. The first-order chi connectivity index (χ1) is 18.5. The van der Waals surface area contributed by atoms with Crippen molar-refractivity contribution < 1.29 is 9.59 Å². The van der Waals surface area contributed by atoms with Gasteiger partial charge in [-0.05, 0) is 137 Å². The predicted octanol–water partition coefficient (Wildman–Crippen LogP) is 7.11. The summed E-state index contributed by atoms with van der Waals surface area (Å²) in [5.74, 6) is 2.27. The molecule has 38 heavy (non-hydrogen) atoms. The number of carbonyl (C=O) groups excluding carboxylic acids is 2. The topological polar surface area (TPSA) is 40.6 Å². The van der Waals surface area contributed by atoms with Crippen LogP contribution in [0.1, 0.15) is 110 Å². The number of rotatable bonds is 12. The number of hydrogen-bond donors (Lipinski definition) is 0. The number of unbranched alkanes of at least 4 members (excludes halogenated alkanes) is 2. The summed E-state index contributed by atoms with van der Waals surface area (Å²) < 4.78 is 0. The molecule has 2 saturated heterocycles. The zero-order chi connectivity index (χ0) is 26.5. The second-order valence-corrected chi connectivity index (χ2v) is 12.6. The van der Waals surface area contributed by atoms with Crippen LogP contribution in [0, 0.1) is 11.8 Å². The summed E-state index contributed by atoms with van der Waals surface area (Å²) in [6, 6.07) is 8.28.